The van der Waals surface area contributed by atoms with Gasteiger partial charge in [0.2, 0.25) is 0 Å². The Morgan fingerprint density at radius 3 is 1.44 bits per heavy atom. The molecule has 0 radical (unpaired) electrons. The van der Waals surface area contributed by atoms with Gasteiger partial charge in [0.05, 0.1) is 0 Å². The normalized spacial score (nSPS) is 5.78. The van der Waals surface area contributed by atoms with Crippen LogP contribution in [0.2, 0.25) is 0 Å². The number of hydrogen-bond donors (Lipinski definition) is 3. The maximum atomic E-state index is 8.89. The van der Waals surface area contributed by atoms with Crippen molar-refractivity contribution in [2.75, 3.05) is 0 Å². The predicted octanol–water partition coefficient (Wildman–Crippen LogP) is -6.29. The summed E-state index contributed by atoms with van der Waals surface area (Å²) in [7, 11) is -2.17. The first-order chi connectivity index (χ1) is 3.46. The van der Waals surface area contributed by atoms with Crippen LogP contribution in [0, 0.1) is 0 Å². The third-order valence-corrected chi connectivity index (χ3v) is 0. The molecule has 0 fully saturated rings. The van der Waals surface area contributed by atoms with E-state index in [9.17, 15) is 0 Å². The van der Waals surface area contributed by atoms with Gasteiger partial charge in [0.15, 0.2) is 0 Å². The summed E-state index contributed by atoms with van der Waals surface area (Å²) >= 11 is 0. The summed E-state index contributed by atoms with van der Waals surface area (Å²) < 4.78 is 0. The molecule has 0 aromatic carbocycles. The van der Waals surface area contributed by atoms with Crippen molar-refractivity contribution in [2.24, 2.45) is 0 Å². The van der Waals surface area contributed by atoms with E-state index in [1.807, 2.05) is 0 Å². The van der Waals surface area contributed by atoms with E-state index in [2.05, 4.69) is 0 Å². The Labute approximate surface area is 95.3 Å². The molecule has 0 saturated carbocycles. The minimum Gasteiger partial charge on any atom is -0.550 e. The van der Waals surface area contributed by atoms with Crippen LogP contribution in [0.4, 0.5) is 0 Å². The van der Waals surface area contributed by atoms with E-state index in [0.717, 1.165) is 6.92 Å². The molecular weight excluding hydrogens is 154 g/mol. The zero-order valence-corrected chi connectivity index (χ0v) is 8.36. The van der Waals surface area contributed by atoms with Crippen molar-refractivity contribution in [3.63, 3.8) is 0 Å². The molecule has 0 bridgehead atoms. The summed E-state index contributed by atoms with van der Waals surface area (Å²) in [6.45, 7) is 0.972. The van der Waals surface area contributed by atoms with Gasteiger partial charge in [-0.25, -0.2) is 0 Å². The molecule has 3 N–H and O–H groups in total. The number of hydrogen-bond acceptors (Lipinski definition) is 5. The van der Waals surface area contributed by atoms with Crippen LogP contribution in [-0.4, -0.2) is 28.4 Å². The van der Waals surface area contributed by atoms with E-state index in [1.165, 1.54) is 0 Å². The molecule has 0 aliphatic carbocycles. The van der Waals surface area contributed by atoms with Gasteiger partial charge in [0.25, 0.3) is 0 Å². The molecule has 0 atom stereocenters. The average molecular weight is 160 g/mol. The molecule has 0 rings (SSSR count). The molecule has 7 heteroatoms. The molecule has 0 heterocycles. The average Bonchev–Trinajstić information content (AvgIpc) is 1.25. The zero-order valence-electron chi connectivity index (χ0n) is 5.24. The molecule has 0 aromatic heterocycles. The van der Waals surface area contributed by atoms with Crippen LogP contribution >= 0.6 is 0 Å². The Kier molecular flexibility index (Phi) is 21.7. The van der Waals surface area contributed by atoms with Crippen molar-refractivity contribution in [1.29, 1.82) is 0 Å². The van der Waals surface area contributed by atoms with E-state index in [0.29, 0.717) is 0 Å². The van der Waals surface area contributed by atoms with Gasteiger partial charge >= 0.3 is 58.7 Å². The Morgan fingerprint density at radius 1 is 1.44 bits per heavy atom. The fraction of sp³-hybridized carbons (Fsp3) is 0.500. The van der Waals surface area contributed by atoms with Crippen LogP contribution in [0.3, 0.4) is 0 Å². The van der Waals surface area contributed by atoms with Gasteiger partial charge in [-0.15, -0.1) is 0 Å². The van der Waals surface area contributed by atoms with Gasteiger partial charge in [-0.3, -0.25) is 0 Å². The second-order valence-electron chi connectivity index (χ2n) is 0.838. The summed E-state index contributed by atoms with van der Waals surface area (Å²) in [6, 6.07) is 0. The van der Waals surface area contributed by atoms with Crippen LogP contribution in [0.1, 0.15) is 6.92 Å². The summed E-state index contributed by atoms with van der Waals surface area (Å²) in [5.41, 5.74) is 0. The molecule has 48 valence electrons. The minimum atomic E-state index is -2.17. The van der Waals surface area contributed by atoms with Crippen LogP contribution in [0.5, 0.6) is 0 Å². The maximum Gasteiger partial charge on any atom is 1.00 e. The molecule has 9 heavy (non-hydrogen) atoms. The molecule has 0 unspecified atom stereocenters. The SMILES string of the molecule is CC(=O)[O-].OB(O)O.[K+]. The number of carbonyl (C=O) groups is 1. The van der Waals surface area contributed by atoms with Gasteiger partial charge < -0.3 is 25.0 Å². The first kappa shape index (κ1) is 16.6. The van der Waals surface area contributed by atoms with E-state index >= 15 is 0 Å². The van der Waals surface area contributed by atoms with Crippen molar-refractivity contribution in [3.8, 4) is 0 Å². The molecule has 0 aliphatic heterocycles. The Bertz CT molecular complexity index is 59.2. The Morgan fingerprint density at radius 2 is 1.44 bits per heavy atom. The number of carbonyl (C=O) groups excluding carboxylic acids is 1. The summed E-state index contributed by atoms with van der Waals surface area (Å²) in [6.07, 6.45) is 0. The van der Waals surface area contributed by atoms with E-state index < -0.39 is 13.3 Å². The third-order valence-electron chi connectivity index (χ3n) is 0. The number of carboxylic acid groups (broad SMARTS) is 1. The largest absolute Gasteiger partial charge is 1.00 e. The first-order valence-electron chi connectivity index (χ1n) is 1.68. The molecule has 0 aliphatic rings. The molecule has 0 saturated heterocycles. The van der Waals surface area contributed by atoms with Crippen LogP contribution in [0.15, 0.2) is 0 Å². The van der Waals surface area contributed by atoms with Crippen molar-refractivity contribution >= 4 is 13.3 Å². The molecule has 0 spiro atoms. The van der Waals surface area contributed by atoms with Crippen molar-refractivity contribution in [3.05, 3.63) is 0 Å². The molecule has 0 amide bonds. The first-order valence-corrected chi connectivity index (χ1v) is 1.68. The Balaban J connectivity index is -0.0000000720. The standard InChI is InChI=1S/C2H4O2.BH3O3.K/c1-2(3)4;2-1(3)4;/h1H3,(H,3,4);2-4H;/q;;+1/p-1. The summed E-state index contributed by atoms with van der Waals surface area (Å²) in [5, 5.41) is 30.4. The van der Waals surface area contributed by atoms with Crippen molar-refractivity contribution < 1.29 is 76.4 Å². The smallest absolute Gasteiger partial charge is 0.550 e. The summed E-state index contributed by atoms with van der Waals surface area (Å²) in [5.74, 6) is -1.08. The van der Waals surface area contributed by atoms with Crippen LogP contribution in [0.25, 0.3) is 0 Å². The summed E-state index contributed by atoms with van der Waals surface area (Å²) in [4.78, 5) is 8.89. The van der Waals surface area contributed by atoms with Gasteiger partial charge in [-0.2, -0.15) is 0 Å². The van der Waals surface area contributed by atoms with E-state index in [-0.39, 0.29) is 51.4 Å². The maximum absolute atomic E-state index is 8.89. The van der Waals surface area contributed by atoms with Gasteiger partial charge in [0, 0.05) is 5.97 Å². The zero-order chi connectivity index (χ0) is 7.15. The predicted molar refractivity (Wildman–Crippen MR) is 23.1 cm³/mol. The fourth-order valence-electron chi connectivity index (χ4n) is 0. The Hall–Kier alpha value is 1.05. The monoisotopic (exact) mass is 160 g/mol. The molecule has 0 aromatic rings. The quantitative estimate of drug-likeness (QED) is 0.306. The van der Waals surface area contributed by atoms with Gasteiger partial charge in [-0.1, -0.05) is 0 Å². The third kappa shape index (κ3) is 407. The second-order valence-corrected chi connectivity index (χ2v) is 0.838. The number of rotatable bonds is 0. The minimum absolute atomic E-state index is 0. The van der Waals surface area contributed by atoms with E-state index in [4.69, 9.17) is 25.0 Å². The molecule has 5 nitrogen and oxygen atoms in total. The fourth-order valence-corrected chi connectivity index (χ4v) is 0. The number of carboxylic acids is 1. The topological polar surface area (TPSA) is 101 Å². The number of aliphatic carboxylic acids is 1. The van der Waals surface area contributed by atoms with Gasteiger partial charge in [-0.05, 0) is 6.92 Å². The molecular formula is C2H6BKO5. The van der Waals surface area contributed by atoms with Crippen molar-refractivity contribution in [1.82, 2.24) is 0 Å². The van der Waals surface area contributed by atoms with E-state index in [1.54, 1.807) is 0 Å². The van der Waals surface area contributed by atoms with Crippen molar-refractivity contribution in [2.45, 2.75) is 6.92 Å². The van der Waals surface area contributed by atoms with Crippen LogP contribution < -0.4 is 56.5 Å². The van der Waals surface area contributed by atoms with Gasteiger partial charge in [0.1, 0.15) is 0 Å². The second kappa shape index (κ2) is 11.8. The van der Waals surface area contributed by atoms with Crippen LogP contribution in [-0.2, 0) is 4.79 Å².